The Kier molecular flexibility index (Phi) is 7.72. The topological polar surface area (TPSA) is 72.6 Å². The first-order valence-corrected chi connectivity index (χ1v) is 8.14. The molecule has 2 N–H and O–H groups in total. The standard InChI is InChI=1S/C16H30N2O3/c1-4-21-16(20)11-18(14-6-7-14)15(19)8-5-13(9-10-17)12(2)3/h12-14H,4-11,17H2,1-3H3. The molecule has 0 aliphatic heterocycles. The summed E-state index contributed by atoms with van der Waals surface area (Å²) >= 11 is 0. The van der Waals surface area contributed by atoms with Gasteiger partial charge in [-0.25, -0.2) is 0 Å². The van der Waals surface area contributed by atoms with Gasteiger partial charge in [-0.15, -0.1) is 0 Å². The third-order valence-corrected chi connectivity index (χ3v) is 4.12. The van der Waals surface area contributed by atoms with Crippen molar-refractivity contribution in [3.05, 3.63) is 0 Å². The van der Waals surface area contributed by atoms with Crippen LogP contribution in [0.5, 0.6) is 0 Å². The van der Waals surface area contributed by atoms with Crippen molar-refractivity contribution in [1.82, 2.24) is 4.90 Å². The molecule has 122 valence electrons. The van der Waals surface area contributed by atoms with Gasteiger partial charge in [0.2, 0.25) is 5.91 Å². The van der Waals surface area contributed by atoms with Gasteiger partial charge < -0.3 is 15.4 Å². The molecule has 0 heterocycles. The summed E-state index contributed by atoms with van der Waals surface area (Å²) in [7, 11) is 0. The second-order valence-electron chi connectivity index (χ2n) is 6.18. The van der Waals surface area contributed by atoms with E-state index < -0.39 is 0 Å². The van der Waals surface area contributed by atoms with E-state index in [1.165, 1.54) is 0 Å². The number of hydrogen-bond acceptors (Lipinski definition) is 4. The molecule has 1 aliphatic carbocycles. The molecule has 1 saturated carbocycles. The maximum Gasteiger partial charge on any atom is 0.325 e. The Hall–Kier alpha value is -1.10. The van der Waals surface area contributed by atoms with Gasteiger partial charge >= 0.3 is 5.97 Å². The van der Waals surface area contributed by atoms with Crippen LogP contribution < -0.4 is 5.73 Å². The summed E-state index contributed by atoms with van der Waals surface area (Å²) in [4.78, 5) is 25.7. The van der Waals surface area contributed by atoms with Gasteiger partial charge in [-0.3, -0.25) is 9.59 Å². The minimum Gasteiger partial charge on any atom is -0.465 e. The second kappa shape index (κ2) is 9.03. The van der Waals surface area contributed by atoms with Crippen LogP contribution in [0.3, 0.4) is 0 Å². The molecular weight excluding hydrogens is 268 g/mol. The smallest absolute Gasteiger partial charge is 0.325 e. The average Bonchev–Trinajstić information content (AvgIpc) is 3.24. The first-order valence-electron chi connectivity index (χ1n) is 8.14. The minimum atomic E-state index is -0.305. The fraction of sp³-hybridized carbons (Fsp3) is 0.875. The Bertz CT molecular complexity index is 340. The molecule has 1 atom stereocenters. The quantitative estimate of drug-likeness (QED) is 0.626. The van der Waals surface area contributed by atoms with Gasteiger partial charge in [0, 0.05) is 12.5 Å². The van der Waals surface area contributed by atoms with Crippen LogP contribution in [-0.4, -0.2) is 42.5 Å². The van der Waals surface area contributed by atoms with Crippen molar-refractivity contribution in [3.63, 3.8) is 0 Å². The van der Waals surface area contributed by atoms with Crippen LogP contribution in [0, 0.1) is 11.8 Å². The summed E-state index contributed by atoms with van der Waals surface area (Å²) in [5.74, 6) is 0.775. The van der Waals surface area contributed by atoms with Gasteiger partial charge in [-0.2, -0.15) is 0 Å². The SMILES string of the molecule is CCOC(=O)CN(C(=O)CCC(CCN)C(C)C)C1CC1. The molecule has 1 aliphatic rings. The van der Waals surface area contributed by atoms with E-state index in [0.717, 1.165) is 25.7 Å². The van der Waals surface area contributed by atoms with Crippen LogP contribution in [0.1, 0.15) is 52.9 Å². The van der Waals surface area contributed by atoms with Crippen molar-refractivity contribution in [2.24, 2.45) is 17.6 Å². The van der Waals surface area contributed by atoms with E-state index >= 15 is 0 Å². The number of hydrogen-bond donors (Lipinski definition) is 1. The monoisotopic (exact) mass is 298 g/mol. The number of carbonyl (C=O) groups excluding carboxylic acids is 2. The van der Waals surface area contributed by atoms with E-state index in [1.54, 1.807) is 11.8 Å². The summed E-state index contributed by atoms with van der Waals surface area (Å²) < 4.78 is 4.95. The Balaban J connectivity index is 2.47. The van der Waals surface area contributed by atoms with Crippen LogP contribution in [0.15, 0.2) is 0 Å². The van der Waals surface area contributed by atoms with E-state index in [-0.39, 0.29) is 24.5 Å². The first kappa shape index (κ1) is 18.0. The number of ether oxygens (including phenoxy) is 1. The van der Waals surface area contributed by atoms with E-state index in [9.17, 15) is 9.59 Å². The van der Waals surface area contributed by atoms with Crippen LogP contribution in [0.25, 0.3) is 0 Å². The maximum atomic E-state index is 12.4. The van der Waals surface area contributed by atoms with Gasteiger partial charge in [0.1, 0.15) is 6.54 Å². The summed E-state index contributed by atoms with van der Waals surface area (Å²) in [5, 5.41) is 0. The lowest BCUT2D eigenvalue weighted by atomic mass is 9.88. The molecule has 1 unspecified atom stereocenters. The number of nitrogens with zero attached hydrogens (tertiary/aromatic N) is 1. The van der Waals surface area contributed by atoms with Crippen LogP contribution >= 0.6 is 0 Å². The van der Waals surface area contributed by atoms with Crippen molar-refractivity contribution in [2.45, 2.75) is 58.9 Å². The summed E-state index contributed by atoms with van der Waals surface area (Å²) in [5.41, 5.74) is 5.63. The molecule has 0 aromatic carbocycles. The lowest BCUT2D eigenvalue weighted by Gasteiger charge is -2.24. The van der Waals surface area contributed by atoms with Gasteiger partial charge in [-0.05, 0) is 51.0 Å². The van der Waals surface area contributed by atoms with Gasteiger partial charge in [0.25, 0.3) is 0 Å². The van der Waals surface area contributed by atoms with E-state index in [2.05, 4.69) is 13.8 Å². The fourth-order valence-electron chi connectivity index (χ4n) is 2.63. The zero-order valence-electron chi connectivity index (χ0n) is 13.6. The maximum absolute atomic E-state index is 12.4. The summed E-state index contributed by atoms with van der Waals surface area (Å²) in [6.45, 7) is 7.23. The number of rotatable bonds is 10. The Morgan fingerprint density at radius 3 is 2.43 bits per heavy atom. The minimum absolute atomic E-state index is 0.0771. The number of nitrogens with two attached hydrogens (primary N) is 1. The molecule has 21 heavy (non-hydrogen) atoms. The second-order valence-corrected chi connectivity index (χ2v) is 6.18. The summed E-state index contributed by atoms with van der Waals surface area (Å²) in [6, 6.07) is 0.244. The molecule has 1 rings (SSSR count). The van der Waals surface area contributed by atoms with Gasteiger partial charge in [0.15, 0.2) is 0 Å². The molecule has 1 amide bonds. The molecule has 0 saturated heterocycles. The van der Waals surface area contributed by atoms with E-state index in [0.29, 0.717) is 31.4 Å². The van der Waals surface area contributed by atoms with E-state index in [1.807, 2.05) is 0 Å². The average molecular weight is 298 g/mol. The predicted octanol–water partition coefficient (Wildman–Crippen LogP) is 1.94. The zero-order valence-corrected chi connectivity index (χ0v) is 13.6. The molecule has 5 heteroatoms. The molecule has 0 radical (unpaired) electrons. The molecule has 0 aromatic heterocycles. The van der Waals surface area contributed by atoms with Crippen molar-refractivity contribution >= 4 is 11.9 Å². The number of esters is 1. The van der Waals surface area contributed by atoms with Crippen LogP contribution in [0.4, 0.5) is 0 Å². The van der Waals surface area contributed by atoms with Crippen molar-refractivity contribution in [1.29, 1.82) is 0 Å². The third kappa shape index (κ3) is 6.46. The largest absolute Gasteiger partial charge is 0.465 e. The highest BCUT2D eigenvalue weighted by Crippen LogP contribution is 2.28. The highest BCUT2D eigenvalue weighted by atomic mass is 16.5. The molecule has 5 nitrogen and oxygen atoms in total. The van der Waals surface area contributed by atoms with Crippen LogP contribution in [-0.2, 0) is 14.3 Å². The Morgan fingerprint density at radius 1 is 1.29 bits per heavy atom. The summed E-state index contributed by atoms with van der Waals surface area (Å²) in [6.07, 6.45) is 4.30. The molecular formula is C16H30N2O3. The third-order valence-electron chi connectivity index (χ3n) is 4.12. The Labute approximate surface area is 128 Å². The fourth-order valence-corrected chi connectivity index (χ4v) is 2.63. The number of carbonyl (C=O) groups is 2. The lowest BCUT2D eigenvalue weighted by molar-refractivity contribution is -0.149. The molecule has 0 spiro atoms. The number of amides is 1. The Morgan fingerprint density at radius 2 is 1.95 bits per heavy atom. The lowest BCUT2D eigenvalue weighted by Crippen LogP contribution is -2.38. The van der Waals surface area contributed by atoms with Crippen LogP contribution in [0.2, 0.25) is 0 Å². The van der Waals surface area contributed by atoms with Crippen molar-refractivity contribution in [3.8, 4) is 0 Å². The molecule has 1 fully saturated rings. The normalized spacial score (nSPS) is 15.9. The highest BCUT2D eigenvalue weighted by Gasteiger charge is 2.34. The first-order chi connectivity index (χ1) is 9.99. The highest BCUT2D eigenvalue weighted by molar-refractivity contribution is 5.82. The molecule has 0 bridgehead atoms. The van der Waals surface area contributed by atoms with Crippen molar-refractivity contribution in [2.75, 3.05) is 19.7 Å². The van der Waals surface area contributed by atoms with Gasteiger partial charge in [-0.1, -0.05) is 13.8 Å². The molecule has 0 aromatic rings. The van der Waals surface area contributed by atoms with Crippen molar-refractivity contribution < 1.29 is 14.3 Å². The predicted molar refractivity (Wildman–Crippen MR) is 82.6 cm³/mol. The van der Waals surface area contributed by atoms with E-state index in [4.69, 9.17) is 10.5 Å². The zero-order chi connectivity index (χ0) is 15.8. The van der Waals surface area contributed by atoms with Gasteiger partial charge in [0.05, 0.1) is 6.61 Å².